The van der Waals surface area contributed by atoms with Gasteiger partial charge < -0.3 is 0 Å². The normalized spacial score (nSPS) is 11.3. The lowest BCUT2D eigenvalue weighted by Crippen LogP contribution is -1.98. The number of nitrogens with zero attached hydrogens (tertiary/aromatic N) is 2. The Morgan fingerprint density at radius 1 is 0.500 bits per heavy atom. The summed E-state index contributed by atoms with van der Waals surface area (Å²) < 4.78 is 2.28. The third-order valence-corrected chi connectivity index (χ3v) is 6.08. The number of aryl methyl sites for hydroxylation is 1. The number of rotatable bonds is 3. The maximum Gasteiger partial charge on any atom is 0.137 e. The van der Waals surface area contributed by atoms with Crippen molar-refractivity contribution in [3.63, 3.8) is 0 Å². The molecule has 0 N–H and O–H groups in total. The Morgan fingerprint density at radius 2 is 1.03 bits per heavy atom. The molecule has 152 valence electrons. The quantitative estimate of drug-likeness (QED) is 0.291. The highest BCUT2D eigenvalue weighted by Crippen LogP contribution is 2.36. The molecule has 0 unspecified atom stereocenters. The predicted molar refractivity (Wildman–Crippen MR) is 134 cm³/mol. The summed E-state index contributed by atoms with van der Waals surface area (Å²) in [7, 11) is 0. The zero-order valence-corrected chi connectivity index (χ0v) is 17.9. The van der Waals surface area contributed by atoms with Crippen molar-refractivity contribution in [2.24, 2.45) is 0 Å². The fourth-order valence-corrected chi connectivity index (χ4v) is 4.54. The first-order valence-electron chi connectivity index (χ1n) is 10.9. The summed E-state index contributed by atoms with van der Waals surface area (Å²) in [5.74, 6) is 0.949. The largest absolute Gasteiger partial charge is 0.294 e. The predicted octanol–water partition coefficient (Wildman–Crippen LogP) is 7.82. The van der Waals surface area contributed by atoms with Crippen LogP contribution in [0.4, 0.5) is 0 Å². The molecule has 6 rings (SSSR count). The average molecular weight is 411 g/mol. The molecule has 0 amide bonds. The summed E-state index contributed by atoms with van der Waals surface area (Å²) in [5.41, 5.74) is 8.25. The molecule has 0 spiro atoms. The van der Waals surface area contributed by atoms with E-state index >= 15 is 0 Å². The van der Waals surface area contributed by atoms with Gasteiger partial charge >= 0.3 is 0 Å². The van der Waals surface area contributed by atoms with E-state index < -0.39 is 0 Å². The van der Waals surface area contributed by atoms with Gasteiger partial charge in [0.1, 0.15) is 5.82 Å². The second kappa shape index (κ2) is 7.51. The average Bonchev–Trinajstić information content (AvgIpc) is 3.18. The molecule has 0 aliphatic carbocycles. The summed E-state index contributed by atoms with van der Waals surface area (Å²) >= 11 is 0. The summed E-state index contributed by atoms with van der Waals surface area (Å²) in [4.78, 5) is 4.84. The standard InChI is InChI=1S/C30H22N2/c1-21-9-8-14-30(31-21)32-28-17-15-24(22-10-4-2-5-11-22)19-26(28)27-20-25(16-18-29(27)32)23-12-6-3-7-13-23/h2-20H,1H3. The highest BCUT2D eigenvalue weighted by atomic mass is 15.1. The first kappa shape index (κ1) is 18.6. The van der Waals surface area contributed by atoms with Gasteiger partial charge in [-0.2, -0.15) is 0 Å². The van der Waals surface area contributed by atoms with E-state index in [-0.39, 0.29) is 0 Å². The minimum atomic E-state index is 0.949. The van der Waals surface area contributed by atoms with E-state index in [0.717, 1.165) is 11.5 Å². The smallest absolute Gasteiger partial charge is 0.137 e. The minimum Gasteiger partial charge on any atom is -0.294 e. The number of fused-ring (bicyclic) bond motifs is 3. The molecule has 0 saturated carbocycles. The summed E-state index contributed by atoms with van der Waals surface area (Å²) in [6, 6.07) is 40.8. The van der Waals surface area contributed by atoms with Crippen LogP contribution in [0.25, 0.3) is 49.9 Å². The maximum absolute atomic E-state index is 4.84. The monoisotopic (exact) mass is 410 g/mol. The first-order chi connectivity index (χ1) is 15.8. The van der Waals surface area contributed by atoms with Gasteiger partial charge in [-0.05, 0) is 65.6 Å². The van der Waals surface area contributed by atoms with Crippen LogP contribution in [0.15, 0.2) is 115 Å². The van der Waals surface area contributed by atoms with Gasteiger partial charge in [-0.15, -0.1) is 0 Å². The SMILES string of the molecule is Cc1cccc(-n2c3ccc(-c4ccccc4)cc3c3cc(-c4ccccc4)ccc32)n1. The molecule has 0 fully saturated rings. The number of pyridine rings is 1. The van der Waals surface area contributed by atoms with E-state index in [9.17, 15) is 0 Å². The molecule has 0 radical (unpaired) electrons. The molecule has 0 bridgehead atoms. The zero-order valence-electron chi connectivity index (χ0n) is 17.9. The van der Waals surface area contributed by atoms with Crippen molar-refractivity contribution < 1.29 is 0 Å². The van der Waals surface area contributed by atoms with Crippen molar-refractivity contribution >= 4 is 21.8 Å². The Hall–Kier alpha value is -4.17. The van der Waals surface area contributed by atoms with Crippen LogP contribution in [0, 0.1) is 6.92 Å². The van der Waals surface area contributed by atoms with Crippen LogP contribution in [0.3, 0.4) is 0 Å². The van der Waals surface area contributed by atoms with E-state index in [2.05, 4.69) is 114 Å². The molecular weight excluding hydrogens is 388 g/mol. The van der Waals surface area contributed by atoms with Gasteiger partial charge in [-0.3, -0.25) is 4.57 Å². The van der Waals surface area contributed by atoms with Crippen molar-refractivity contribution in [1.29, 1.82) is 0 Å². The van der Waals surface area contributed by atoms with Crippen LogP contribution in [-0.2, 0) is 0 Å². The maximum atomic E-state index is 4.84. The van der Waals surface area contributed by atoms with Gasteiger partial charge in [0.2, 0.25) is 0 Å². The fourth-order valence-electron chi connectivity index (χ4n) is 4.54. The third-order valence-electron chi connectivity index (χ3n) is 6.08. The van der Waals surface area contributed by atoms with Gasteiger partial charge in [-0.25, -0.2) is 4.98 Å². The van der Waals surface area contributed by atoms with Crippen molar-refractivity contribution in [2.75, 3.05) is 0 Å². The molecule has 0 aliphatic heterocycles. The molecule has 0 atom stereocenters. The second-order valence-electron chi connectivity index (χ2n) is 8.17. The second-order valence-corrected chi connectivity index (χ2v) is 8.17. The molecule has 2 heteroatoms. The summed E-state index contributed by atoms with van der Waals surface area (Å²) in [6.07, 6.45) is 0. The van der Waals surface area contributed by atoms with E-state index in [4.69, 9.17) is 4.98 Å². The molecule has 32 heavy (non-hydrogen) atoms. The highest BCUT2D eigenvalue weighted by Gasteiger charge is 2.15. The number of hydrogen-bond acceptors (Lipinski definition) is 1. The fraction of sp³-hybridized carbons (Fsp3) is 0.0333. The van der Waals surface area contributed by atoms with Crippen molar-refractivity contribution in [2.45, 2.75) is 6.92 Å². The Balaban J connectivity index is 1.68. The van der Waals surface area contributed by atoms with E-state index in [1.807, 2.05) is 13.0 Å². The number of benzene rings is 4. The summed E-state index contributed by atoms with van der Waals surface area (Å²) in [6.45, 7) is 2.04. The van der Waals surface area contributed by atoms with Crippen LogP contribution in [0.5, 0.6) is 0 Å². The molecule has 0 saturated heterocycles. The lowest BCUT2D eigenvalue weighted by molar-refractivity contribution is 1.05. The lowest BCUT2D eigenvalue weighted by atomic mass is 10.0. The van der Waals surface area contributed by atoms with Gasteiger partial charge in [0.25, 0.3) is 0 Å². The van der Waals surface area contributed by atoms with E-state index in [0.29, 0.717) is 0 Å². The van der Waals surface area contributed by atoms with Crippen molar-refractivity contribution in [3.8, 4) is 28.1 Å². The van der Waals surface area contributed by atoms with Crippen LogP contribution in [-0.4, -0.2) is 9.55 Å². The van der Waals surface area contributed by atoms with Crippen molar-refractivity contribution in [1.82, 2.24) is 9.55 Å². The van der Waals surface area contributed by atoms with Gasteiger partial charge in [-0.1, -0.05) is 78.9 Å². The molecule has 0 aliphatic rings. The Morgan fingerprint density at radius 3 is 1.53 bits per heavy atom. The molecule has 2 nitrogen and oxygen atoms in total. The molecular formula is C30H22N2. The third kappa shape index (κ3) is 3.09. The van der Waals surface area contributed by atoms with Crippen LogP contribution < -0.4 is 0 Å². The van der Waals surface area contributed by atoms with Crippen LogP contribution in [0.2, 0.25) is 0 Å². The highest BCUT2D eigenvalue weighted by molar-refractivity contribution is 6.11. The number of aromatic nitrogens is 2. The summed E-state index contributed by atoms with van der Waals surface area (Å²) in [5, 5.41) is 2.48. The van der Waals surface area contributed by atoms with Gasteiger partial charge in [0, 0.05) is 16.5 Å². The van der Waals surface area contributed by atoms with E-state index in [1.54, 1.807) is 0 Å². The van der Waals surface area contributed by atoms with E-state index in [1.165, 1.54) is 44.1 Å². The van der Waals surface area contributed by atoms with Crippen molar-refractivity contribution in [3.05, 3.63) is 121 Å². The van der Waals surface area contributed by atoms with Gasteiger partial charge in [0.05, 0.1) is 11.0 Å². The Bertz CT molecular complexity index is 1460. The number of hydrogen-bond donors (Lipinski definition) is 0. The zero-order chi connectivity index (χ0) is 21.5. The topological polar surface area (TPSA) is 17.8 Å². The molecule has 2 heterocycles. The lowest BCUT2D eigenvalue weighted by Gasteiger charge is -2.08. The van der Waals surface area contributed by atoms with Crippen LogP contribution >= 0.6 is 0 Å². The molecule has 6 aromatic rings. The Kier molecular flexibility index (Phi) is 4.36. The first-order valence-corrected chi connectivity index (χ1v) is 10.9. The molecule has 2 aromatic heterocycles. The van der Waals surface area contributed by atoms with Gasteiger partial charge in [0.15, 0.2) is 0 Å². The minimum absolute atomic E-state index is 0.949. The molecule has 4 aromatic carbocycles. The van der Waals surface area contributed by atoms with Crippen LogP contribution in [0.1, 0.15) is 5.69 Å². The Labute approximate surface area is 187 Å².